The van der Waals surface area contributed by atoms with Crippen LogP contribution >= 0.6 is 0 Å². The smallest absolute Gasteiger partial charge is 0.331 e. The van der Waals surface area contributed by atoms with E-state index in [1.54, 1.807) is 0 Å². The molecule has 0 atom stereocenters. The van der Waals surface area contributed by atoms with Crippen molar-refractivity contribution in [3.05, 3.63) is 12.2 Å². The van der Waals surface area contributed by atoms with Crippen LogP contribution < -0.4 is 0 Å². The van der Waals surface area contributed by atoms with Crippen LogP contribution in [0, 0.1) is 0 Å². The quantitative estimate of drug-likeness (QED) is 0.0989. The number of carboxylic acid groups (broad SMARTS) is 1. The fourth-order valence-electron chi connectivity index (χ4n) is 1.87. The number of hydrogen-bond acceptors (Lipinski definition) is 11. The van der Waals surface area contributed by atoms with Crippen molar-refractivity contribution in [3.63, 3.8) is 0 Å². The van der Waals surface area contributed by atoms with Crippen molar-refractivity contribution < 1.29 is 57.7 Å². The number of rotatable bonds is 25. The van der Waals surface area contributed by atoms with Crippen molar-refractivity contribution in [2.24, 2.45) is 0 Å². The molecule has 0 fully saturated rings. The van der Waals surface area contributed by atoms with Crippen LogP contribution in [0.4, 0.5) is 0 Å². The Balaban J connectivity index is 3.11. The minimum Gasteiger partial charge on any atom is -0.478 e. The number of carbonyl (C=O) groups excluding carboxylic acids is 1. The lowest BCUT2D eigenvalue weighted by Crippen LogP contribution is -2.15. The zero-order valence-corrected chi connectivity index (χ0v) is 18.4. The van der Waals surface area contributed by atoms with Crippen molar-refractivity contribution >= 4 is 11.9 Å². The number of aliphatic hydroxyl groups excluding tert-OH is 1. The number of carbonyl (C=O) groups is 2. The number of esters is 1. The maximum absolute atomic E-state index is 11.1. The summed E-state index contributed by atoms with van der Waals surface area (Å²) in [5, 5.41) is 16.9. The van der Waals surface area contributed by atoms with Crippen molar-refractivity contribution in [1.29, 1.82) is 0 Å². The summed E-state index contributed by atoms with van der Waals surface area (Å²) in [6.07, 6.45) is 1.54. The average Bonchev–Trinajstić information content (AvgIpc) is 2.78. The lowest BCUT2D eigenvalue weighted by atomic mass is 10.5. The van der Waals surface area contributed by atoms with E-state index in [1.165, 1.54) is 0 Å². The van der Waals surface area contributed by atoms with Gasteiger partial charge in [-0.1, -0.05) is 0 Å². The highest BCUT2D eigenvalue weighted by Gasteiger charge is 1.98. The molecule has 0 aliphatic heterocycles. The van der Waals surface area contributed by atoms with Gasteiger partial charge in [-0.3, -0.25) is 0 Å². The first kappa shape index (κ1) is 30.4. The molecule has 0 heterocycles. The van der Waals surface area contributed by atoms with Crippen molar-refractivity contribution in [2.75, 3.05) is 106 Å². The Morgan fingerprint density at radius 1 is 0.500 bits per heavy atom. The van der Waals surface area contributed by atoms with Gasteiger partial charge in [-0.25, -0.2) is 9.59 Å². The van der Waals surface area contributed by atoms with Gasteiger partial charge >= 0.3 is 11.9 Å². The fraction of sp³-hybridized carbons (Fsp3) is 0.800. The Labute approximate surface area is 188 Å². The highest BCUT2D eigenvalue weighted by atomic mass is 16.6. The number of aliphatic hydroxyl groups is 1. The molecule has 0 rings (SSSR count). The van der Waals surface area contributed by atoms with E-state index in [2.05, 4.69) is 0 Å². The molecule has 0 radical (unpaired) electrons. The minimum absolute atomic E-state index is 0.0136. The van der Waals surface area contributed by atoms with Crippen LogP contribution in [0.25, 0.3) is 0 Å². The second-order valence-electron chi connectivity index (χ2n) is 5.85. The molecule has 0 aromatic heterocycles. The van der Waals surface area contributed by atoms with Crippen LogP contribution in [0.1, 0.15) is 0 Å². The molecule has 0 bridgehead atoms. The predicted octanol–water partition coefficient (Wildman–Crippen LogP) is -0.721. The van der Waals surface area contributed by atoms with Gasteiger partial charge in [0, 0.05) is 12.2 Å². The van der Waals surface area contributed by atoms with E-state index in [-0.39, 0.29) is 19.8 Å². The number of carboxylic acids is 1. The summed E-state index contributed by atoms with van der Waals surface area (Å²) in [7, 11) is 0. The largest absolute Gasteiger partial charge is 0.478 e. The SMILES string of the molecule is O=C(O)C=CC(=O)OCCOCCOCCOCCOCCOCCOCCOCCO. The number of ether oxygens (including phenoxy) is 8. The van der Waals surface area contributed by atoms with Gasteiger partial charge in [0.15, 0.2) is 0 Å². The van der Waals surface area contributed by atoms with Crippen molar-refractivity contribution in [2.45, 2.75) is 0 Å². The number of aliphatic carboxylic acids is 1. The second-order valence-corrected chi connectivity index (χ2v) is 5.85. The van der Waals surface area contributed by atoms with Gasteiger partial charge in [0.2, 0.25) is 0 Å². The zero-order valence-electron chi connectivity index (χ0n) is 18.4. The molecule has 0 saturated heterocycles. The van der Waals surface area contributed by atoms with E-state index in [9.17, 15) is 9.59 Å². The van der Waals surface area contributed by atoms with E-state index in [0.29, 0.717) is 92.0 Å². The molecule has 0 aliphatic carbocycles. The molecule has 0 aromatic carbocycles. The standard InChI is InChI=1S/C20H36O12/c21-3-4-25-5-6-26-7-8-27-9-10-28-11-12-29-13-14-30-15-16-31-17-18-32-20(24)2-1-19(22)23/h1-2,21H,3-18H2,(H,22,23). The summed E-state index contributed by atoms with van der Waals surface area (Å²) < 4.78 is 41.7. The summed E-state index contributed by atoms with van der Waals surface area (Å²) in [6.45, 7) is 5.91. The van der Waals surface area contributed by atoms with Gasteiger partial charge in [0.1, 0.15) is 6.61 Å². The highest BCUT2D eigenvalue weighted by molar-refractivity contribution is 5.90. The Kier molecular flexibility index (Phi) is 24.3. The molecule has 188 valence electrons. The molecule has 2 N–H and O–H groups in total. The van der Waals surface area contributed by atoms with Crippen LogP contribution in [0.15, 0.2) is 12.2 Å². The molecule has 0 aliphatic rings. The molecule has 0 spiro atoms. The summed E-state index contributed by atoms with van der Waals surface area (Å²) in [5.41, 5.74) is 0. The van der Waals surface area contributed by atoms with Crippen LogP contribution in [-0.2, 0) is 47.5 Å². The van der Waals surface area contributed by atoms with Gasteiger partial charge in [0.25, 0.3) is 0 Å². The van der Waals surface area contributed by atoms with E-state index in [1.807, 2.05) is 0 Å². The zero-order chi connectivity index (χ0) is 23.5. The monoisotopic (exact) mass is 468 g/mol. The molecule has 0 aromatic rings. The molecular formula is C20H36O12. The molecule has 0 amide bonds. The van der Waals surface area contributed by atoms with Crippen LogP contribution in [-0.4, -0.2) is 128 Å². The van der Waals surface area contributed by atoms with E-state index in [4.69, 9.17) is 48.1 Å². The van der Waals surface area contributed by atoms with Gasteiger partial charge in [-0.15, -0.1) is 0 Å². The third-order valence-corrected chi connectivity index (χ3v) is 3.30. The summed E-state index contributed by atoms with van der Waals surface area (Å²) in [6, 6.07) is 0. The van der Waals surface area contributed by atoms with Crippen LogP contribution in [0.2, 0.25) is 0 Å². The van der Waals surface area contributed by atoms with Crippen LogP contribution in [0.5, 0.6) is 0 Å². The fourth-order valence-corrected chi connectivity index (χ4v) is 1.87. The first-order valence-corrected chi connectivity index (χ1v) is 10.4. The maximum atomic E-state index is 11.1. The van der Waals surface area contributed by atoms with Crippen molar-refractivity contribution in [1.82, 2.24) is 0 Å². The minimum atomic E-state index is -1.21. The Morgan fingerprint density at radius 3 is 1.12 bits per heavy atom. The Hall–Kier alpha value is -1.64. The highest BCUT2D eigenvalue weighted by Crippen LogP contribution is 1.87. The Bertz CT molecular complexity index is 458. The van der Waals surface area contributed by atoms with E-state index < -0.39 is 11.9 Å². The second kappa shape index (κ2) is 25.6. The third kappa shape index (κ3) is 26.4. The van der Waals surface area contributed by atoms with Crippen molar-refractivity contribution in [3.8, 4) is 0 Å². The summed E-state index contributed by atoms with van der Waals surface area (Å²) in [5.74, 6) is -1.95. The van der Waals surface area contributed by atoms with E-state index in [0.717, 1.165) is 6.08 Å². The predicted molar refractivity (Wildman–Crippen MR) is 111 cm³/mol. The topological polar surface area (TPSA) is 148 Å². The lowest BCUT2D eigenvalue weighted by Gasteiger charge is -2.08. The molecule has 12 heteroatoms. The van der Waals surface area contributed by atoms with Gasteiger partial charge in [0.05, 0.1) is 99.1 Å². The van der Waals surface area contributed by atoms with E-state index >= 15 is 0 Å². The molecule has 12 nitrogen and oxygen atoms in total. The normalized spacial score (nSPS) is 11.3. The average molecular weight is 468 g/mol. The Morgan fingerprint density at radius 2 is 0.812 bits per heavy atom. The molecule has 0 unspecified atom stereocenters. The molecule has 0 saturated carbocycles. The van der Waals surface area contributed by atoms with Gasteiger partial charge in [-0.2, -0.15) is 0 Å². The third-order valence-electron chi connectivity index (χ3n) is 3.30. The first-order valence-electron chi connectivity index (χ1n) is 10.4. The maximum Gasteiger partial charge on any atom is 0.331 e. The molecule has 32 heavy (non-hydrogen) atoms. The first-order chi connectivity index (χ1) is 15.7. The lowest BCUT2D eigenvalue weighted by molar-refractivity contribution is -0.140. The van der Waals surface area contributed by atoms with Gasteiger partial charge < -0.3 is 48.1 Å². The summed E-state index contributed by atoms with van der Waals surface area (Å²) >= 11 is 0. The van der Waals surface area contributed by atoms with Crippen LogP contribution in [0.3, 0.4) is 0 Å². The number of hydrogen-bond donors (Lipinski definition) is 2. The van der Waals surface area contributed by atoms with Gasteiger partial charge in [-0.05, 0) is 0 Å². The molecular weight excluding hydrogens is 432 g/mol. The summed E-state index contributed by atoms with van der Waals surface area (Å²) in [4.78, 5) is 21.3.